The van der Waals surface area contributed by atoms with Crippen LogP contribution in [0.3, 0.4) is 0 Å². The summed E-state index contributed by atoms with van der Waals surface area (Å²) < 4.78 is 0. The van der Waals surface area contributed by atoms with Gasteiger partial charge in [-0.2, -0.15) is 0 Å². The zero-order valence-corrected chi connectivity index (χ0v) is 20.9. The lowest BCUT2D eigenvalue weighted by Gasteiger charge is -2.44. The summed E-state index contributed by atoms with van der Waals surface area (Å²) in [5.74, 6) is 2.35. The Balaban J connectivity index is 1.68. The molecule has 0 aliphatic heterocycles. The highest BCUT2D eigenvalue weighted by molar-refractivity contribution is 5.38. The Morgan fingerprint density at radius 3 is 2.68 bits per heavy atom. The molecule has 3 fully saturated rings. The van der Waals surface area contributed by atoms with Crippen LogP contribution in [0.1, 0.15) is 105 Å². The Morgan fingerprint density at radius 1 is 1.23 bits per heavy atom. The van der Waals surface area contributed by atoms with Crippen molar-refractivity contribution >= 4 is 0 Å². The maximum absolute atomic E-state index is 10.2. The van der Waals surface area contributed by atoms with E-state index in [1.54, 1.807) is 5.57 Å². The molecule has 3 rings (SSSR count). The molecule has 2 N–H and O–H groups in total. The molecule has 0 spiro atoms. The van der Waals surface area contributed by atoms with Crippen molar-refractivity contribution in [1.29, 1.82) is 0 Å². The monoisotopic (exact) mass is 428 g/mol. The van der Waals surface area contributed by atoms with Crippen molar-refractivity contribution in [2.75, 3.05) is 0 Å². The summed E-state index contributed by atoms with van der Waals surface area (Å²) in [5, 5.41) is 20.2. The molecule has 31 heavy (non-hydrogen) atoms. The quantitative estimate of drug-likeness (QED) is 0.444. The van der Waals surface area contributed by atoms with Crippen molar-refractivity contribution in [3.63, 3.8) is 0 Å². The van der Waals surface area contributed by atoms with Crippen molar-refractivity contribution in [3.05, 3.63) is 35.5 Å². The van der Waals surface area contributed by atoms with Crippen LogP contribution in [0.4, 0.5) is 0 Å². The summed E-state index contributed by atoms with van der Waals surface area (Å²) in [7, 11) is 0. The molecule has 0 amide bonds. The number of aliphatic hydroxyl groups excluding tert-OH is 2. The Labute approximate surface area is 191 Å². The van der Waals surface area contributed by atoms with E-state index in [-0.39, 0.29) is 0 Å². The zero-order chi connectivity index (χ0) is 22.8. The van der Waals surface area contributed by atoms with Crippen molar-refractivity contribution < 1.29 is 10.2 Å². The van der Waals surface area contributed by atoms with Gasteiger partial charge in [-0.1, -0.05) is 78.2 Å². The second-order valence-corrected chi connectivity index (χ2v) is 12.1. The number of hydrogen-bond donors (Lipinski definition) is 2. The average molecular weight is 429 g/mol. The third kappa shape index (κ3) is 5.56. The molecule has 3 aliphatic carbocycles. The van der Waals surface area contributed by atoms with Crippen LogP contribution in [0.15, 0.2) is 35.5 Å². The smallest absolute Gasteiger partial charge is 0.0811 e. The van der Waals surface area contributed by atoms with E-state index in [0.29, 0.717) is 29.6 Å². The summed E-state index contributed by atoms with van der Waals surface area (Å²) in [6.07, 6.45) is 16.4. The molecule has 0 aromatic heterocycles. The number of hydrogen-bond acceptors (Lipinski definition) is 2. The molecule has 0 bridgehead atoms. The third-order valence-electron chi connectivity index (χ3n) is 9.46. The van der Waals surface area contributed by atoms with E-state index in [0.717, 1.165) is 23.0 Å². The predicted octanol–water partition coefficient (Wildman–Crippen LogP) is 7.37. The maximum Gasteiger partial charge on any atom is 0.0811 e. The molecule has 3 aliphatic rings. The molecule has 176 valence electrons. The first-order chi connectivity index (χ1) is 14.6. The van der Waals surface area contributed by atoms with Crippen molar-refractivity contribution in [2.45, 2.75) is 117 Å². The summed E-state index contributed by atoms with van der Waals surface area (Å²) in [6, 6.07) is 0. The Kier molecular flexibility index (Phi) is 7.96. The maximum atomic E-state index is 10.2. The van der Waals surface area contributed by atoms with Gasteiger partial charge in [0.25, 0.3) is 0 Å². The molecule has 2 nitrogen and oxygen atoms in total. The summed E-state index contributed by atoms with van der Waals surface area (Å²) in [6.45, 7) is 16.3. The molecule has 0 unspecified atom stereocenters. The lowest BCUT2D eigenvalue weighted by molar-refractivity contribution is 0.0861. The Morgan fingerprint density at radius 2 is 1.97 bits per heavy atom. The van der Waals surface area contributed by atoms with E-state index in [2.05, 4.69) is 53.3 Å². The highest BCUT2D eigenvalue weighted by Crippen LogP contribution is 2.60. The summed E-state index contributed by atoms with van der Waals surface area (Å²) in [5.41, 5.74) is 4.36. The van der Waals surface area contributed by atoms with E-state index >= 15 is 0 Å². The van der Waals surface area contributed by atoms with Gasteiger partial charge >= 0.3 is 0 Å². The average Bonchev–Trinajstić information content (AvgIpc) is 3.07. The standard InChI is InChI=1S/C29H48O2/c1-7-28(4,5)16-8-10-20(2)25-14-15-26-22(11-9-17-29(25,26)6)12-13-23-18-24(30)19-27(31)21(23)3/h12-13,20,24-27,30-31H,3,7-11,14-19H2,1-2,4-6H3/b22-12+,23-13-/t20-,24-,25-,26+,27+,29-/m1/s1. The molecule has 0 radical (unpaired) electrons. The van der Waals surface area contributed by atoms with Gasteiger partial charge in [0.15, 0.2) is 0 Å². The van der Waals surface area contributed by atoms with Gasteiger partial charge in [0, 0.05) is 6.42 Å². The SMILES string of the molecule is C=C1/C(=C\C=C2/CCC[C@]3(C)[C@@H]([C@H](C)CCCC(C)(C)CC)CC[C@@H]23)C[C@@H](O)C[C@@H]1O. The van der Waals surface area contributed by atoms with Crippen molar-refractivity contribution in [2.24, 2.45) is 28.6 Å². The first-order valence-corrected chi connectivity index (χ1v) is 13.0. The van der Waals surface area contributed by atoms with Crippen LogP contribution in [0.5, 0.6) is 0 Å². The van der Waals surface area contributed by atoms with Crippen LogP contribution in [0.25, 0.3) is 0 Å². The third-order valence-corrected chi connectivity index (χ3v) is 9.46. The highest BCUT2D eigenvalue weighted by Gasteiger charge is 2.50. The molecule has 2 heteroatoms. The van der Waals surface area contributed by atoms with Gasteiger partial charge in [0.2, 0.25) is 0 Å². The molecular weight excluding hydrogens is 380 g/mol. The molecule has 0 heterocycles. The number of aliphatic hydroxyl groups is 2. The van der Waals surface area contributed by atoms with Crippen LogP contribution in [0.2, 0.25) is 0 Å². The van der Waals surface area contributed by atoms with Gasteiger partial charge in [-0.05, 0) is 84.7 Å². The van der Waals surface area contributed by atoms with Crippen LogP contribution < -0.4 is 0 Å². The van der Waals surface area contributed by atoms with E-state index in [1.807, 2.05) is 0 Å². The van der Waals surface area contributed by atoms with Crippen LogP contribution in [-0.4, -0.2) is 22.4 Å². The minimum atomic E-state index is -0.598. The van der Waals surface area contributed by atoms with Crippen LogP contribution in [-0.2, 0) is 0 Å². The molecule has 0 aromatic carbocycles. The van der Waals surface area contributed by atoms with Gasteiger partial charge in [-0.3, -0.25) is 0 Å². The predicted molar refractivity (Wildman–Crippen MR) is 132 cm³/mol. The molecule has 3 saturated carbocycles. The fraction of sp³-hybridized carbons (Fsp3) is 0.793. The minimum Gasteiger partial charge on any atom is -0.393 e. The van der Waals surface area contributed by atoms with Crippen molar-refractivity contribution in [3.8, 4) is 0 Å². The van der Waals surface area contributed by atoms with Crippen molar-refractivity contribution in [1.82, 2.24) is 0 Å². The summed E-state index contributed by atoms with van der Waals surface area (Å²) >= 11 is 0. The Hall–Kier alpha value is -0.860. The first kappa shape index (κ1) is 24.8. The largest absolute Gasteiger partial charge is 0.393 e. The highest BCUT2D eigenvalue weighted by atomic mass is 16.3. The van der Waals surface area contributed by atoms with Crippen LogP contribution in [0, 0.1) is 28.6 Å². The van der Waals surface area contributed by atoms with E-state index in [9.17, 15) is 10.2 Å². The molecular formula is C29H48O2. The van der Waals surface area contributed by atoms with Crippen LogP contribution >= 0.6 is 0 Å². The number of allylic oxidation sites excluding steroid dienone is 3. The van der Waals surface area contributed by atoms with Gasteiger partial charge in [0.1, 0.15) is 0 Å². The summed E-state index contributed by atoms with van der Waals surface area (Å²) in [4.78, 5) is 0. The fourth-order valence-corrected chi connectivity index (χ4v) is 6.96. The number of fused-ring (bicyclic) bond motifs is 1. The fourth-order valence-electron chi connectivity index (χ4n) is 6.96. The lowest BCUT2D eigenvalue weighted by atomic mass is 9.60. The minimum absolute atomic E-state index is 0.419. The molecule has 0 aromatic rings. The normalized spacial score (nSPS) is 38.0. The van der Waals surface area contributed by atoms with E-state index in [4.69, 9.17) is 0 Å². The zero-order valence-electron chi connectivity index (χ0n) is 20.9. The van der Waals surface area contributed by atoms with E-state index in [1.165, 1.54) is 57.8 Å². The lowest BCUT2D eigenvalue weighted by Crippen LogP contribution is -2.36. The first-order valence-electron chi connectivity index (χ1n) is 13.0. The van der Waals surface area contributed by atoms with Gasteiger partial charge in [-0.25, -0.2) is 0 Å². The Bertz CT molecular complexity index is 700. The van der Waals surface area contributed by atoms with Gasteiger partial charge < -0.3 is 10.2 Å². The molecule has 6 atom stereocenters. The van der Waals surface area contributed by atoms with Gasteiger partial charge in [-0.15, -0.1) is 0 Å². The second-order valence-electron chi connectivity index (χ2n) is 12.1. The topological polar surface area (TPSA) is 40.5 Å². The van der Waals surface area contributed by atoms with Gasteiger partial charge in [0.05, 0.1) is 12.2 Å². The second kappa shape index (κ2) is 9.96. The molecule has 0 saturated heterocycles. The van der Waals surface area contributed by atoms with E-state index < -0.39 is 12.2 Å². The number of rotatable bonds is 7.